The normalized spacial score (nSPS) is 29.1. The molecule has 2 fully saturated rings. The molecule has 2 bridgehead atoms. The van der Waals surface area contributed by atoms with Gasteiger partial charge in [-0.05, 0) is 56.0 Å². The van der Waals surface area contributed by atoms with E-state index in [1.165, 1.54) is 31.7 Å². The van der Waals surface area contributed by atoms with E-state index in [1.54, 1.807) is 12.1 Å². The molecule has 0 aliphatic carbocycles. The third-order valence-corrected chi connectivity index (χ3v) is 5.12. The van der Waals surface area contributed by atoms with Crippen molar-refractivity contribution in [3.05, 3.63) is 34.6 Å². The van der Waals surface area contributed by atoms with Crippen LogP contribution in [0.5, 0.6) is 0 Å². The van der Waals surface area contributed by atoms with Crippen LogP contribution in [0.25, 0.3) is 0 Å². The van der Waals surface area contributed by atoms with Crippen LogP contribution in [-0.2, 0) is 6.54 Å². The maximum absolute atomic E-state index is 13.4. The smallest absolute Gasteiger partial charge is 0.123 e. The number of hydrogen-bond acceptors (Lipinski definition) is 2. The number of nitrogens with zero attached hydrogens (tertiary/aromatic N) is 1. The fraction of sp³-hybridized carbons (Fsp3) is 0.625. The Morgan fingerprint density at radius 2 is 2.00 bits per heavy atom. The Labute approximate surface area is 125 Å². The van der Waals surface area contributed by atoms with Crippen LogP contribution in [-0.4, -0.2) is 29.6 Å². The first kappa shape index (κ1) is 14.3. The van der Waals surface area contributed by atoms with E-state index in [0.29, 0.717) is 23.1 Å². The van der Waals surface area contributed by atoms with Crippen molar-refractivity contribution in [3.8, 4) is 0 Å². The molecule has 2 aliphatic heterocycles. The number of halogens is 2. The third-order valence-electron chi connectivity index (χ3n) is 4.75. The summed E-state index contributed by atoms with van der Waals surface area (Å²) in [7, 11) is 0. The van der Waals surface area contributed by atoms with E-state index >= 15 is 0 Å². The Bertz CT molecular complexity index is 468. The van der Waals surface area contributed by atoms with Crippen LogP contribution in [0.15, 0.2) is 18.2 Å². The number of fused-ring (bicyclic) bond motifs is 2. The predicted octanol–water partition coefficient (Wildman–Crippen LogP) is 3.58. The molecule has 110 valence electrons. The molecular formula is C16H22ClFN2. The number of piperidine rings is 1. The molecule has 3 rings (SSSR count). The number of nitrogens with one attached hydrogen (secondary N) is 1. The first-order valence-electron chi connectivity index (χ1n) is 7.59. The van der Waals surface area contributed by atoms with Crippen molar-refractivity contribution in [1.82, 2.24) is 10.2 Å². The Balaban J connectivity index is 1.72. The van der Waals surface area contributed by atoms with Crippen molar-refractivity contribution >= 4 is 11.6 Å². The van der Waals surface area contributed by atoms with E-state index in [-0.39, 0.29) is 5.82 Å². The molecule has 1 N–H and O–H groups in total. The second kappa shape index (κ2) is 6.00. The molecule has 0 amide bonds. The molecular weight excluding hydrogens is 275 g/mol. The first-order valence-corrected chi connectivity index (χ1v) is 7.97. The van der Waals surface area contributed by atoms with Gasteiger partial charge in [0.1, 0.15) is 5.82 Å². The lowest BCUT2D eigenvalue weighted by Gasteiger charge is -2.37. The quantitative estimate of drug-likeness (QED) is 0.913. The summed E-state index contributed by atoms with van der Waals surface area (Å²) in [5, 5.41) is 4.34. The summed E-state index contributed by atoms with van der Waals surface area (Å²) in [4.78, 5) is 2.45. The van der Waals surface area contributed by atoms with Gasteiger partial charge in [0.2, 0.25) is 0 Å². The van der Waals surface area contributed by atoms with E-state index in [1.807, 2.05) is 0 Å². The minimum absolute atomic E-state index is 0.203. The molecule has 2 nitrogen and oxygen atoms in total. The van der Waals surface area contributed by atoms with Gasteiger partial charge in [0.25, 0.3) is 0 Å². The average molecular weight is 297 g/mol. The molecule has 4 heteroatoms. The van der Waals surface area contributed by atoms with E-state index in [0.717, 1.165) is 18.7 Å². The number of rotatable bonds is 4. The Kier molecular flexibility index (Phi) is 4.29. The summed E-state index contributed by atoms with van der Waals surface area (Å²) in [5.74, 6) is -0.203. The van der Waals surface area contributed by atoms with Gasteiger partial charge in [-0.25, -0.2) is 4.39 Å². The maximum atomic E-state index is 13.4. The second-order valence-electron chi connectivity index (χ2n) is 6.06. The van der Waals surface area contributed by atoms with Crippen LogP contribution in [0.3, 0.4) is 0 Å². The van der Waals surface area contributed by atoms with Crippen LogP contribution in [0.4, 0.5) is 4.39 Å². The largest absolute Gasteiger partial charge is 0.311 e. The van der Waals surface area contributed by atoms with Gasteiger partial charge >= 0.3 is 0 Å². The zero-order valence-corrected chi connectivity index (χ0v) is 12.7. The van der Waals surface area contributed by atoms with Crippen molar-refractivity contribution in [2.75, 3.05) is 6.54 Å². The number of benzene rings is 1. The lowest BCUT2D eigenvalue weighted by molar-refractivity contribution is 0.140. The van der Waals surface area contributed by atoms with Gasteiger partial charge < -0.3 is 5.32 Å². The summed E-state index contributed by atoms with van der Waals surface area (Å²) in [6.07, 6.45) is 5.02. The average Bonchev–Trinajstić information content (AvgIpc) is 2.78. The Morgan fingerprint density at radius 1 is 1.30 bits per heavy atom. The van der Waals surface area contributed by atoms with Crippen LogP contribution >= 0.6 is 11.6 Å². The van der Waals surface area contributed by atoms with E-state index in [9.17, 15) is 4.39 Å². The zero-order chi connectivity index (χ0) is 14.1. The molecule has 1 aromatic rings. The van der Waals surface area contributed by atoms with Gasteiger partial charge in [-0.15, -0.1) is 0 Å². The van der Waals surface area contributed by atoms with Gasteiger partial charge in [0, 0.05) is 29.7 Å². The summed E-state index contributed by atoms with van der Waals surface area (Å²) >= 11 is 6.20. The molecule has 2 unspecified atom stereocenters. The molecule has 2 heterocycles. The highest BCUT2D eigenvalue weighted by Gasteiger charge is 2.35. The van der Waals surface area contributed by atoms with Crippen molar-refractivity contribution in [2.24, 2.45) is 0 Å². The van der Waals surface area contributed by atoms with Gasteiger partial charge in [-0.1, -0.05) is 18.5 Å². The van der Waals surface area contributed by atoms with Crippen molar-refractivity contribution in [2.45, 2.75) is 57.3 Å². The third kappa shape index (κ3) is 3.00. The van der Waals surface area contributed by atoms with Crippen LogP contribution in [0.2, 0.25) is 5.02 Å². The highest BCUT2D eigenvalue weighted by atomic mass is 35.5. The number of hydrogen-bond donors (Lipinski definition) is 1. The maximum Gasteiger partial charge on any atom is 0.123 e. The summed E-state index contributed by atoms with van der Waals surface area (Å²) in [6, 6.07) is 6.60. The molecule has 2 saturated heterocycles. The Hall–Kier alpha value is -0.640. The lowest BCUT2D eigenvalue weighted by Crippen LogP contribution is -2.47. The second-order valence-corrected chi connectivity index (χ2v) is 6.47. The standard InChI is InChI=1S/C16H22ClFN2/c1-2-20(10-11-7-12(18)3-6-16(11)17)15-8-13-4-5-14(9-15)19-13/h3,6-7,13-15,19H,2,4-5,8-10H2,1H3. The fourth-order valence-corrected chi connectivity index (χ4v) is 3.89. The molecule has 0 radical (unpaired) electrons. The van der Waals surface area contributed by atoms with Crippen molar-refractivity contribution in [3.63, 3.8) is 0 Å². The Morgan fingerprint density at radius 3 is 2.65 bits per heavy atom. The SMILES string of the molecule is CCN(Cc1cc(F)ccc1Cl)C1CC2CCC(C1)N2. The molecule has 0 saturated carbocycles. The van der Waals surface area contributed by atoms with Crippen molar-refractivity contribution < 1.29 is 4.39 Å². The van der Waals surface area contributed by atoms with Crippen molar-refractivity contribution in [1.29, 1.82) is 0 Å². The molecule has 1 aromatic carbocycles. The van der Waals surface area contributed by atoms with Gasteiger partial charge in [-0.2, -0.15) is 0 Å². The van der Waals surface area contributed by atoms with Gasteiger partial charge in [0.15, 0.2) is 0 Å². The monoisotopic (exact) mass is 296 g/mol. The van der Waals surface area contributed by atoms with Crippen LogP contribution < -0.4 is 5.32 Å². The van der Waals surface area contributed by atoms with E-state index < -0.39 is 0 Å². The zero-order valence-electron chi connectivity index (χ0n) is 11.9. The molecule has 2 aliphatic rings. The van der Waals surface area contributed by atoms with E-state index in [2.05, 4.69) is 17.1 Å². The summed E-state index contributed by atoms with van der Waals surface area (Å²) < 4.78 is 13.4. The van der Waals surface area contributed by atoms with Gasteiger partial charge in [0.05, 0.1) is 0 Å². The van der Waals surface area contributed by atoms with E-state index in [4.69, 9.17) is 11.6 Å². The first-order chi connectivity index (χ1) is 9.65. The highest BCUT2D eigenvalue weighted by molar-refractivity contribution is 6.31. The summed E-state index contributed by atoms with van der Waals surface area (Å²) in [5.41, 5.74) is 0.902. The minimum Gasteiger partial charge on any atom is -0.311 e. The topological polar surface area (TPSA) is 15.3 Å². The minimum atomic E-state index is -0.203. The molecule has 0 spiro atoms. The molecule has 0 aromatic heterocycles. The van der Waals surface area contributed by atoms with Crippen LogP contribution in [0, 0.1) is 5.82 Å². The predicted molar refractivity (Wildman–Crippen MR) is 80.5 cm³/mol. The summed E-state index contributed by atoms with van der Waals surface area (Å²) in [6.45, 7) is 3.91. The van der Waals surface area contributed by atoms with Gasteiger partial charge in [-0.3, -0.25) is 4.90 Å². The van der Waals surface area contributed by atoms with Crippen LogP contribution in [0.1, 0.15) is 38.2 Å². The molecule has 20 heavy (non-hydrogen) atoms. The molecule has 2 atom stereocenters. The fourth-order valence-electron chi connectivity index (χ4n) is 3.71. The lowest BCUT2D eigenvalue weighted by atomic mass is 9.97. The highest BCUT2D eigenvalue weighted by Crippen LogP contribution is 2.31.